The molecular formula is C14H26N2O4. The van der Waals surface area contributed by atoms with Crippen molar-refractivity contribution >= 4 is 12.0 Å². The van der Waals surface area contributed by atoms with Gasteiger partial charge in [-0.15, -0.1) is 0 Å². The van der Waals surface area contributed by atoms with Crippen LogP contribution in [-0.2, 0) is 9.53 Å². The minimum Gasteiger partial charge on any atom is -0.479 e. The Morgan fingerprint density at radius 2 is 2.15 bits per heavy atom. The summed E-state index contributed by atoms with van der Waals surface area (Å²) in [6, 6.07) is -0.423. The molecule has 1 rings (SSSR count). The van der Waals surface area contributed by atoms with Gasteiger partial charge in [0.05, 0.1) is 6.61 Å². The highest BCUT2D eigenvalue weighted by Crippen LogP contribution is 2.19. The Morgan fingerprint density at radius 1 is 1.40 bits per heavy atom. The van der Waals surface area contributed by atoms with Crippen LogP contribution in [-0.4, -0.2) is 42.4 Å². The van der Waals surface area contributed by atoms with Crippen molar-refractivity contribution in [3.8, 4) is 0 Å². The first-order chi connectivity index (χ1) is 9.54. The van der Waals surface area contributed by atoms with E-state index in [1.165, 1.54) is 0 Å². The second-order valence-electron chi connectivity index (χ2n) is 5.44. The van der Waals surface area contributed by atoms with Crippen molar-refractivity contribution in [2.45, 2.75) is 51.5 Å². The summed E-state index contributed by atoms with van der Waals surface area (Å²) >= 11 is 0. The van der Waals surface area contributed by atoms with E-state index in [2.05, 4.69) is 24.5 Å². The topological polar surface area (TPSA) is 87.7 Å². The zero-order valence-corrected chi connectivity index (χ0v) is 12.4. The first-order valence-corrected chi connectivity index (χ1v) is 7.41. The molecule has 0 spiro atoms. The Morgan fingerprint density at radius 3 is 2.65 bits per heavy atom. The van der Waals surface area contributed by atoms with Crippen LogP contribution in [0.4, 0.5) is 4.79 Å². The first-order valence-electron chi connectivity index (χ1n) is 7.41. The van der Waals surface area contributed by atoms with Gasteiger partial charge in [-0.3, -0.25) is 0 Å². The van der Waals surface area contributed by atoms with Crippen LogP contribution in [0.2, 0.25) is 0 Å². The lowest BCUT2D eigenvalue weighted by molar-refractivity contribution is -0.144. The normalized spacial score (nSPS) is 23.3. The summed E-state index contributed by atoms with van der Waals surface area (Å²) in [5.74, 6) is -0.593. The van der Waals surface area contributed by atoms with E-state index in [0.717, 1.165) is 25.7 Å². The molecule has 2 unspecified atom stereocenters. The van der Waals surface area contributed by atoms with Crippen LogP contribution in [0.25, 0.3) is 0 Å². The minimum atomic E-state index is -1.27. The summed E-state index contributed by atoms with van der Waals surface area (Å²) in [5.41, 5.74) is -1.27. The lowest BCUT2D eigenvalue weighted by Crippen LogP contribution is -2.58. The van der Waals surface area contributed by atoms with Crippen molar-refractivity contribution < 1.29 is 19.4 Å². The molecule has 0 aliphatic carbocycles. The van der Waals surface area contributed by atoms with Crippen molar-refractivity contribution in [2.24, 2.45) is 5.92 Å². The molecule has 1 aliphatic heterocycles. The number of hydrogen-bond acceptors (Lipinski definition) is 3. The van der Waals surface area contributed by atoms with Gasteiger partial charge < -0.3 is 20.5 Å². The lowest BCUT2D eigenvalue weighted by Gasteiger charge is -2.24. The predicted molar refractivity (Wildman–Crippen MR) is 75.6 cm³/mol. The highest BCUT2D eigenvalue weighted by atomic mass is 16.5. The second kappa shape index (κ2) is 8.09. The van der Waals surface area contributed by atoms with Gasteiger partial charge in [0, 0.05) is 19.6 Å². The van der Waals surface area contributed by atoms with Crippen LogP contribution in [0.15, 0.2) is 0 Å². The highest BCUT2D eigenvalue weighted by Gasteiger charge is 2.43. The molecule has 6 heteroatoms. The number of carbonyl (C=O) groups excluding carboxylic acids is 1. The fourth-order valence-corrected chi connectivity index (χ4v) is 2.33. The third-order valence-corrected chi connectivity index (χ3v) is 3.88. The molecule has 1 heterocycles. The second-order valence-corrected chi connectivity index (χ2v) is 5.44. The standard InChI is InChI=1S/C14H26N2O4/c1-3-5-6-11(4-2)9-15-13(19)16-14(12(17)18)7-8-20-10-14/h11H,3-10H2,1-2H3,(H,17,18)(H2,15,16,19). The predicted octanol–water partition coefficient (Wildman–Crippen LogP) is 1.75. The van der Waals surface area contributed by atoms with E-state index in [1.54, 1.807) is 0 Å². The number of carboxylic acids is 1. The fourth-order valence-electron chi connectivity index (χ4n) is 2.33. The van der Waals surface area contributed by atoms with Crippen LogP contribution in [0.1, 0.15) is 46.0 Å². The van der Waals surface area contributed by atoms with Crippen LogP contribution in [0.3, 0.4) is 0 Å². The fraction of sp³-hybridized carbons (Fsp3) is 0.857. The Labute approximate surface area is 120 Å². The third kappa shape index (κ3) is 4.67. The van der Waals surface area contributed by atoms with E-state index in [1.807, 2.05) is 0 Å². The van der Waals surface area contributed by atoms with Gasteiger partial charge in [0.25, 0.3) is 0 Å². The molecule has 20 heavy (non-hydrogen) atoms. The maximum absolute atomic E-state index is 11.9. The highest BCUT2D eigenvalue weighted by molar-refractivity contribution is 5.86. The lowest BCUT2D eigenvalue weighted by atomic mass is 9.99. The monoisotopic (exact) mass is 286 g/mol. The molecule has 0 radical (unpaired) electrons. The number of carbonyl (C=O) groups is 2. The van der Waals surface area contributed by atoms with Crippen LogP contribution in [0.5, 0.6) is 0 Å². The number of rotatable bonds is 8. The molecule has 0 aromatic carbocycles. The number of unbranched alkanes of at least 4 members (excludes halogenated alkanes) is 1. The average Bonchev–Trinajstić information content (AvgIpc) is 2.89. The molecule has 0 aromatic rings. The Kier molecular flexibility index (Phi) is 6.78. The van der Waals surface area contributed by atoms with Gasteiger partial charge in [0.2, 0.25) is 0 Å². The molecule has 0 bridgehead atoms. The largest absolute Gasteiger partial charge is 0.479 e. The molecule has 0 saturated carbocycles. The quantitative estimate of drug-likeness (QED) is 0.634. The Hall–Kier alpha value is -1.30. The summed E-state index contributed by atoms with van der Waals surface area (Å²) in [6.07, 6.45) is 4.69. The molecule has 1 aliphatic rings. The Balaban J connectivity index is 2.40. The molecule has 1 saturated heterocycles. The molecule has 3 N–H and O–H groups in total. The van der Waals surface area contributed by atoms with E-state index in [9.17, 15) is 14.7 Å². The van der Waals surface area contributed by atoms with Gasteiger partial charge in [0.15, 0.2) is 5.54 Å². The molecule has 6 nitrogen and oxygen atoms in total. The van der Waals surface area contributed by atoms with Crippen molar-refractivity contribution in [3.63, 3.8) is 0 Å². The van der Waals surface area contributed by atoms with Gasteiger partial charge in [-0.2, -0.15) is 0 Å². The number of aliphatic carboxylic acids is 1. The molecule has 2 amide bonds. The van der Waals surface area contributed by atoms with E-state index < -0.39 is 17.5 Å². The van der Waals surface area contributed by atoms with Gasteiger partial charge in [-0.25, -0.2) is 9.59 Å². The molecule has 0 aromatic heterocycles. The maximum Gasteiger partial charge on any atom is 0.332 e. The van der Waals surface area contributed by atoms with E-state index in [-0.39, 0.29) is 6.61 Å². The molecule has 1 fully saturated rings. The Bertz CT molecular complexity index is 327. The summed E-state index contributed by atoms with van der Waals surface area (Å²) in [6.45, 7) is 5.22. The maximum atomic E-state index is 11.9. The van der Waals surface area contributed by atoms with Gasteiger partial charge >= 0.3 is 12.0 Å². The number of urea groups is 1. The van der Waals surface area contributed by atoms with Crippen molar-refractivity contribution in [3.05, 3.63) is 0 Å². The van der Waals surface area contributed by atoms with Crippen LogP contribution in [0, 0.1) is 5.92 Å². The van der Waals surface area contributed by atoms with Crippen molar-refractivity contribution in [2.75, 3.05) is 19.8 Å². The van der Waals surface area contributed by atoms with Crippen LogP contribution < -0.4 is 10.6 Å². The zero-order chi connectivity index (χ0) is 15.0. The summed E-state index contributed by atoms with van der Waals surface area (Å²) in [5, 5.41) is 14.6. The van der Waals surface area contributed by atoms with Crippen molar-refractivity contribution in [1.29, 1.82) is 0 Å². The smallest absolute Gasteiger partial charge is 0.332 e. The third-order valence-electron chi connectivity index (χ3n) is 3.88. The number of carboxylic acid groups (broad SMARTS) is 1. The van der Waals surface area contributed by atoms with E-state index in [0.29, 0.717) is 25.5 Å². The summed E-state index contributed by atoms with van der Waals surface area (Å²) in [4.78, 5) is 23.1. The summed E-state index contributed by atoms with van der Waals surface area (Å²) < 4.78 is 5.10. The van der Waals surface area contributed by atoms with E-state index in [4.69, 9.17) is 4.74 Å². The van der Waals surface area contributed by atoms with Crippen molar-refractivity contribution in [1.82, 2.24) is 10.6 Å². The van der Waals surface area contributed by atoms with Gasteiger partial charge in [-0.1, -0.05) is 33.1 Å². The molecular weight excluding hydrogens is 260 g/mol. The van der Waals surface area contributed by atoms with Gasteiger partial charge in [0.1, 0.15) is 0 Å². The average molecular weight is 286 g/mol. The molecule has 2 atom stereocenters. The molecule has 116 valence electrons. The van der Waals surface area contributed by atoms with E-state index >= 15 is 0 Å². The number of hydrogen-bond donors (Lipinski definition) is 3. The zero-order valence-electron chi connectivity index (χ0n) is 12.4. The SMILES string of the molecule is CCCCC(CC)CNC(=O)NC1(C(=O)O)CCOC1. The first kappa shape index (κ1) is 16.8. The number of amides is 2. The minimum absolute atomic E-state index is 0.0305. The number of ether oxygens (including phenoxy) is 1. The summed E-state index contributed by atoms with van der Waals surface area (Å²) in [7, 11) is 0. The van der Waals surface area contributed by atoms with Crippen LogP contribution >= 0.6 is 0 Å². The number of nitrogens with one attached hydrogen (secondary N) is 2. The van der Waals surface area contributed by atoms with Gasteiger partial charge in [-0.05, 0) is 12.3 Å².